The normalized spacial score (nSPS) is 17.9. The second kappa shape index (κ2) is 7.02. The highest BCUT2D eigenvalue weighted by Gasteiger charge is 2.31. The van der Waals surface area contributed by atoms with E-state index in [0.717, 1.165) is 18.9 Å². The molecular weight excluding hydrogens is 291 g/mol. The smallest absolute Gasteiger partial charge is 0.341 e. The maximum atomic E-state index is 13.4. The lowest BCUT2D eigenvalue weighted by Crippen LogP contribution is -2.51. The standard InChI is InChI=1S/C15H17FN2O4/c16-11-6-2-1-5-10(11)15(21)22-9-13(19)18-8-4-3-7-12(18)14(17)20/h1-2,5-6,12H,3-4,7-9H2,(H2,17,20)/t12-/m1/s1. The average Bonchev–Trinajstić information content (AvgIpc) is 2.52. The maximum absolute atomic E-state index is 13.4. The van der Waals surface area contributed by atoms with E-state index >= 15 is 0 Å². The van der Waals surface area contributed by atoms with Crippen LogP contribution in [0.3, 0.4) is 0 Å². The third-order valence-corrected chi connectivity index (χ3v) is 3.57. The van der Waals surface area contributed by atoms with Crippen molar-refractivity contribution >= 4 is 17.8 Å². The highest BCUT2D eigenvalue weighted by molar-refractivity contribution is 5.92. The van der Waals surface area contributed by atoms with Crippen LogP contribution in [-0.4, -0.2) is 41.9 Å². The molecule has 0 radical (unpaired) electrons. The summed E-state index contributed by atoms with van der Waals surface area (Å²) in [4.78, 5) is 36.5. The number of nitrogens with zero attached hydrogens (tertiary/aromatic N) is 1. The first-order valence-electron chi connectivity index (χ1n) is 7.01. The summed E-state index contributed by atoms with van der Waals surface area (Å²) in [7, 11) is 0. The van der Waals surface area contributed by atoms with Crippen molar-refractivity contribution in [2.45, 2.75) is 25.3 Å². The maximum Gasteiger partial charge on any atom is 0.341 e. The molecular formula is C15H17FN2O4. The second-order valence-corrected chi connectivity index (χ2v) is 5.06. The highest BCUT2D eigenvalue weighted by atomic mass is 19.1. The number of rotatable bonds is 4. The first-order chi connectivity index (χ1) is 10.5. The lowest BCUT2D eigenvalue weighted by molar-refractivity contribution is -0.143. The molecule has 1 aromatic rings. The van der Waals surface area contributed by atoms with Gasteiger partial charge in [0.15, 0.2) is 6.61 Å². The van der Waals surface area contributed by atoms with Gasteiger partial charge in [-0.15, -0.1) is 0 Å². The van der Waals surface area contributed by atoms with E-state index in [0.29, 0.717) is 13.0 Å². The van der Waals surface area contributed by atoms with Crippen molar-refractivity contribution in [1.29, 1.82) is 0 Å². The lowest BCUT2D eigenvalue weighted by Gasteiger charge is -2.33. The zero-order valence-corrected chi connectivity index (χ0v) is 12.0. The number of esters is 1. The summed E-state index contributed by atoms with van der Waals surface area (Å²) >= 11 is 0. The Hall–Kier alpha value is -2.44. The van der Waals surface area contributed by atoms with Crippen molar-refractivity contribution in [2.24, 2.45) is 5.73 Å². The average molecular weight is 308 g/mol. The Morgan fingerprint density at radius 3 is 2.68 bits per heavy atom. The van der Waals surface area contributed by atoms with E-state index in [1.54, 1.807) is 0 Å². The lowest BCUT2D eigenvalue weighted by atomic mass is 10.0. The molecule has 1 aliphatic rings. The first-order valence-corrected chi connectivity index (χ1v) is 7.01. The zero-order valence-electron chi connectivity index (χ0n) is 12.0. The van der Waals surface area contributed by atoms with Gasteiger partial charge in [-0.3, -0.25) is 9.59 Å². The van der Waals surface area contributed by atoms with Crippen molar-refractivity contribution < 1.29 is 23.5 Å². The molecule has 2 amide bonds. The van der Waals surface area contributed by atoms with E-state index < -0.39 is 36.2 Å². The van der Waals surface area contributed by atoms with Gasteiger partial charge in [0.25, 0.3) is 5.91 Å². The number of ether oxygens (including phenoxy) is 1. The van der Waals surface area contributed by atoms with E-state index in [1.165, 1.54) is 23.1 Å². The van der Waals surface area contributed by atoms with Crippen LogP contribution in [-0.2, 0) is 14.3 Å². The number of primary amides is 1. The number of piperidine rings is 1. The number of halogens is 1. The number of amides is 2. The van der Waals surface area contributed by atoms with Crippen LogP contribution in [0.1, 0.15) is 29.6 Å². The van der Waals surface area contributed by atoms with Crippen LogP contribution in [0, 0.1) is 5.82 Å². The Labute approximate surface area is 127 Å². The van der Waals surface area contributed by atoms with Crippen molar-refractivity contribution in [3.63, 3.8) is 0 Å². The molecule has 0 aliphatic carbocycles. The van der Waals surface area contributed by atoms with Gasteiger partial charge in [-0.2, -0.15) is 0 Å². The van der Waals surface area contributed by atoms with E-state index in [1.807, 2.05) is 0 Å². The van der Waals surface area contributed by atoms with Crippen LogP contribution in [0.25, 0.3) is 0 Å². The fraction of sp³-hybridized carbons (Fsp3) is 0.400. The number of hydrogen-bond donors (Lipinski definition) is 1. The molecule has 1 aliphatic heterocycles. The van der Waals surface area contributed by atoms with Gasteiger partial charge < -0.3 is 15.4 Å². The Balaban J connectivity index is 1.96. The largest absolute Gasteiger partial charge is 0.452 e. The fourth-order valence-electron chi connectivity index (χ4n) is 2.44. The molecule has 2 N–H and O–H groups in total. The third-order valence-electron chi connectivity index (χ3n) is 3.57. The molecule has 1 fully saturated rings. The van der Waals surface area contributed by atoms with Crippen molar-refractivity contribution in [3.8, 4) is 0 Å². The molecule has 0 bridgehead atoms. The first kappa shape index (κ1) is 15.9. The molecule has 0 aromatic heterocycles. The van der Waals surface area contributed by atoms with E-state index in [9.17, 15) is 18.8 Å². The van der Waals surface area contributed by atoms with Crippen LogP contribution < -0.4 is 5.73 Å². The molecule has 0 unspecified atom stereocenters. The van der Waals surface area contributed by atoms with E-state index in [4.69, 9.17) is 10.5 Å². The molecule has 22 heavy (non-hydrogen) atoms. The van der Waals surface area contributed by atoms with Crippen LogP contribution in [0.2, 0.25) is 0 Å². The number of nitrogens with two attached hydrogens (primary N) is 1. The van der Waals surface area contributed by atoms with Crippen LogP contribution >= 0.6 is 0 Å². The second-order valence-electron chi connectivity index (χ2n) is 5.06. The monoisotopic (exact) mass is 308 g/mol. The highest BCUT2D eigenvalue weighted by Crippen LogP contribution is 2.17. The molecule has 1 heterocycles. The summed E-state index contributed by atoms with van der Waals surface area (Å²) in [5.74, 6) is -2.71. The Morgan fingerprint density at radius 1 is 1.27 bits per heavy atom. The van der Waals surface area contributed by atoms with Crippen LogP contribution in [0.5, 0.6) is 0 Å². The molecule has 1 saturated heterocycles. The van der Waals surface area contributed by atoms with Crippen molar-refractivity contribution in [2.75, 3.05) is 13.2 Å². The zero-order chi connectivity index (χ0) is 16.1. The number of likely N-dealkylation sites (tertiary alicyclic amines) is 1. The van der Waals surface area contributed by atoms with Gasteiger partial charge in [0.05, 0.1) is 5.56 Å². The molecule has 1 aromatic carbocycles. The molecule has 6 nitrogen and oxygen atoms in total. The molecule has 1 atom stereocenters. The van der Waals surface area contributed by atoms with Crippen LogP contribution in [0.15, 0.2) is 24.3 Å². The fourth-order valence-corrected chi connectivity index (χ4v) is 2.44. The minimum absolute atomic E-state index is 0.236. The molecule has 118 valence electrons. The van der Waals surface area contributed by atoms with E-state index in [2.05, 4.69) is 0 Å². The minimum atomic E-state index is -0.918. The number of benzene rings is 1. The van der Waals surface area contributed by atoms with Crippen molar-refractivity contribution in [1.82, 2.24) is 4.90 Å². The predicted molar refractivity (Wildman–Crippen MR) is 75.2 cm³/mol. The number of hydrogen-bond acceptors (Lipinski definition) is 4. The summed E-state index contributed by atoms with van der Waals surface area (Å²) in [6.45, 7) is -0.152. The van der Waals surface area contributed by atoms with Crippen molar-refractivity contribution in [3.05, 3.63) is 35.6 Å². The van der Waals surface area contributed by atoms with E-state index in [-0.39, 0.29) is 5.56 Å². The quantitative estimate of drug-likeness (QED) is 0.835. The van der Waals surface area contributed by atoms with Crippen LogP contribution in [0.4, 0.5) is 4.39 Å². The Kier molecular flexibility index (Phi) is 5.08. The Morgan fingerprint density at radius 2 is 2.00 bits per heavy atom. The summed E-state index contributed by atoms with van der Waals surface area (Å²) in [5.41, 5.74) is 5.04. The third kappa shape index (κ3) is 3.60. The number of carbonyl (C=O) groups is 3. The summed E-state index contributed by atoms with van der Waals surface area (Å²) < 4.78 is 18.3. The molecule has 2 rings (SSSR count). The topological polar surface area (TPSA) is 89.7 Å². The Bertz CT molecular complexity index is 591. The van der Waals surface area contributed by atoms with Gasteiger partial charge in [0.1, 0.15) is 11.9 Å². The summed E-state index contributed by atoms with van der Waals surface area (Å²) in [5, 5.41) is 0. The van der Waals surface area contributed by atoms with Gasteiger partial charge >= 0.3 is 5.97 Å². The van der Waals surface area contributed by atoms with Gasteiger partial charge in [-0.25, -0.2) is 9.18 Å². The van der Waals surface area contributed by atoms with Gasteiger partial charge in [-0.1, -0.05) is 12.1 Å². The van der Waals surface area contributed by atoms with Gasteiger partial charge in [-0.05, 0) is 31.4 Å². The molecule has 0 spiro atoms. The predicted octanol–water partition coefficient (Wildman–Crippen LogP) is 0.849. The minimum Gasteiger partial charge on any atom is -0.452 e. The SMILES string of the molecule is NC(=O)[C@H]1CCCCN1C(=O)COC(=O)c1ccccc1F. The summed E-state index contributed by atoms with van der Waals surface area (Å²) in [6, 6.07) is 4.67. The molecule has 7 heteroatoms. The molecule has 0 saturated carbocycles. The van der Waals surface area contributed by atoms with Gasteiger partial charge in [0.2, 0.25) is 5.91 Å². The van der Waals surface area contributed by atoms with Gasteiger partial charge in [0, 0.05) is 6.54 Å². The number of carbonyl (C=O) groups excluding carboxylic acids is 3. The summed E-state index contributed by atoms with van der Waals surface area (Å²) in [6.07, 6.45) is 2.07.